The van der Waals surface area contributed by atoms with E-state index >= 15 is 0 Å². The van der Waals surface area contributed by atoms with E-state index in [1.54, 1.807) is 0 Å². The van der Waals surface area contributed by atoms with Gasteiger partial charge in [-0.25, -0.2) is 0 Å². The Morgan fingerprint density at radius 3 is 2.00 bits per heavy atom. The first-order chi connectivity index (χ1) is 8.56. The summed E-state index contributed by atoms with van der Waals surface area (Å²) in [6.07, 6.45) is 0. The van der Waals surface area contributed by atoms with E-state index in [1.807, 2.05) is 0 Å². The van der Waals surface area contributed by atoms with Crippen molar-refractivity contribution in [1.29, 1.82) is 0 Å². The number of benzene rings is 2. The maximum Gasteiger partial charge on any atom is 0.159 e. The molecule has 1 aliphatic rings. The summed E-state index contributed by atoms with van der Waals surface area (Å²) in [5, 5.41) is 37.9. The zero-order valence-corrected chi connectivity index (χ0v) is 9.82. The number of hydrogen-bond acceptors (Lipinski definition) is 6. The second kappa shape index (κ2) is 3.64. The van der Waals surface area contributed by atoms with E-state index in [2.05, 4.69) is 4.72 Å². The number of anilines is 1. The highest BCUT2D eigenvalue weighted by Gasteiger charge is 2.20. The van der Waals surface area contributed by atoms with Crippen molar-refractivity contribution >= 4 is 17.6 Å². The van der Waals surface area contributed by atoms with Crippen LogP contribution in [0, 0.1) is 0 Å². The fraction of sp³-hybridized carbons (Fsp3) is 0. The minimum Gasteiger partial charge on any atom is -0.504 e. The second-order valence-electron chi connectivity index (χ2n) is 3.93. The number of fused-ring (bicyclic) bond motifs is 3. The van der Waals surface area contributed by atoms with Crippen LogP contribution in [0.3, 0.4) is 0 Å². The normalized spacial score (nSPS) is 12.4. The number of hydrogen-bond donors (Lipinski definition) is 5. The molecule has 0 saturated carbocycles. The summed E-state index contributed by atoms with van der Waals surface area (Å²) in [6.45, 7) is 0. The SMILES string of the molecule is Oc1cc2c(cc1O)-c1cc(O)c(O)cc1SN2. The zero-order chi connectivity index (χ0) is 12.9. The molecule has 92 valence electrons. The lowest BCUT2D eigenvalue weighted by Gasteiger charge is -2.21. The highest BCUT2D eigenvalue weighted by Crippen LogP contribution is 2.48. The topological polar surface area (TPSA) is 93.0 Å². The summed E-state index contributed by atoms with van der Waals surface area (Å²) < 4.78 is 2.99. The summed E-state index contributed by atoms with van der Waals surface area (Å²) in [5.74, 6) is -0.876. The maximum atomic E-state index is 9.53. The lowest BCUT2D eigenvalue weighted by Crippen LogP contribution is -1.98. The Morgan fingerprint density at radius 2 is 1.28 bits per heavy atom. The first-order valence-corrected chi connectivity index (χ1v) is 5.93. The van der Waals surface area contributed by atoms with Gasteiger partial charge in [0.15, 0.2) is 23.0 Å². The van der Waals surface area contributed by atoms with Gasteiger partial charge in [-0.3, -0.25) is 0 Å². The molecule has 0 spiro atoms. The average Bonchev–Trinajstić information content (AvgIpc) is 2.33. The van der Waals surface area contributed by atoms with E-state index in [1.165, 1.54) is 36.2 Å². The molecule has 6 heteroatoms. The van der Waals surface area contributed by atoms with Gasteiger partial charge in [0, 0.05) is 22.1 Å². The molecule has 0 atom stereocenters. The van der Waals surface area contributed by atoms with Crippen molar-refractivity contribution in [2.75, 3.05) is 4.72 Å². The molecule has 0 radical (unpaired) electrons. The monoisotopic (exact) mass is 263 g/mol. The van der Waals surface area contributed by atoms with Crippen molar-refractivity contribution < 1.29 is 20.4 Å². The number of aromatic hydroxyl groups is 4. The molecular weight excluding hydrogens is 254 g/mol. The summed E-state index contributed by atoms with van der Waals surface area (Å²) in [7, 11) is 0. The van der Waals surface area contributed by atoms with Gasteiger partial charge >= 0.3 is 0 Å². The molecule has 1 heterocycles. The van der Waals surface area contributed by atoms with Crippen molar-refractivity contribution in [1.82, 2.24) is 0 Å². The van der Waals surface area contributed by atoms with Crippen LogP contribution < -0.4 is 4.72 Å². The number of phenols is 4. The molecule has 2 aromatic rings. The molecule has 0 aromatic heterocycles. The van der Waals surface area contributed by atoms with Crippen LogP contribution in [-0.2, 0) is 0 Å². The minimum atomic E-state index is -0.235. The molecule has 5 N–H and O–H groups in total. The summed E-state index contributed by atoms with van der Waals surface area (Å²) in [6, 6.07) is 5.68. The Bertz CT molecular complexity index is 600. The van der Waals surface area contributed by atoms with Gasteiger partial charge in [0.05, 0.1) is 5.69 Å². The molecular formula is C12H9NO4S. The van der Waals surface area contributed by atoms with E-state index in [4.69, 9.17) is 0 Å². The molecule has 0 aliphatic carbocycles. The van der Waals surface area contributed by atoms with Gasteiger partial charge in [-0.1, -0.05) is 0 Å². The largest absolute Gasteiger partial charge is 0.504 e. The van der Waals surface area contributed by atoms with Crippen molar-refractivity contribution in [3.8, 4) is 34.1 Å². The van der Waals surface area contributed by atoms with Gasteiger partial charge in [0.1, 0.15) is 0 Å². The van der Waals surface area contributed by atoms with Crippen LogP contribution in [0.5, 0.6) is 23.0 Å². The molecule has 0 amide bonds. The molecule has 18 heavy (non-hydrogen) atoms. The highest BCUT2D eigenvalue weighted by atomic mass is 32.2. The van der Waals surface area contributed by atoms with Gasteiger partial charge < -0.3 is 25.1 Å². The van der Waals surface area contributed by atoms with Gasteiger partial charge in [-0.2, -0.15) is 0 Å². The minimum absolute atomic E-state index is 0.200. The smallest absolute Gasteiger partial charge is 0.159 e. The van der Waals surface area contributed by atoms with Crippen LogP contribution in [-0.4, -0.2) is 20.4 Å². The van der Waals surface area contributed by atoms with Crippen LogP contribution >= 0.6 is 11.9 Å². The van der Waals surface area contributed by atoms with Gasteiger partial charge in [-0.15, -0.1) is 0 Å². The third kappa shape index (κ3) is 1.50. The Morgan fingerprint density at radius 1 is 0.722 bits per heavy atom. The fourth-order valence-electron chi connectivity index (χ4n) is 1.85. The fourth-order valence-corrected chi connectivity index (χ4v) is 2.68. The second-order valence-corrected chi connectivity index (χ2v) is 4.78. The lowest BCUT2D eigenvalue weighted by atomic mass is 10.0. The predicted molar refractivity (Wildman–Crippen MR) is 68.0 cm³/mol. The number of nitrogens with one attached hydrogen (secondary N) is 1. The highest BCUT2D eigenvalue weighted by molar-refractivity contribution is 8.00. The lowest BCUT2D eigenvalue weighted by molar-refractivity contribution is 0.402. The molecule has 1 aliphatic heterocycles. The summed E-state index contributed by atoms with van der Waals surface area (Å²) >= 11 is 1.25. The van der Waals surface area contributed by atoms with E-state index in [0.29, 0.717) is 16.8 Å². The maximum absolute atomic E-state index is 9.53. The standard InChI is InChI=1S/C12H9NO4S/c14-8-1-5-6-2-9(15)11(17)4-12(6)18-13-7(5)3-10(8)16/h1-4,13-17H. The summed E-state index contributed by atoms with van der Waals surface area (Å²) in [5.41, 5.74) is 1.96. The van der Waals surface area contributed by atoms with Crippen LogP contribution in [0.15, 0.2) is 29.2 Å². The molecule has 0 fully saturated rings. The van der Waals surface area contributed by atoms with Crippen molar-refractivity contribution in [2.24, 2.45) is 0 Å². The Labute approximate surface area is 106 Å². The van der Waals surface area contributed by atoms with Crippen LogP contribution in [0.4, 0.5) is 5.69 Å². The van der Waals surface area contributed by atoms with Gasteiger partial charge in [0.25, 0.3) is 0 Å². The van der Waals surface area contributed by atoms with Crippen LogP contribution in [0.25, 0.3) is 11.1 Å². The Balaban J connectivity index is 2.28. The third-order valence-corrected chi connectivity index (χ3v) is 3.63. The third-order valence-electron chi connectivity index (χ3n) is 2.75. The molecule has 5 nitrogen and oxygen atoms in total. The molecule has 0 saturated heterocycles. The van der Waals surface area contributed by atoms with Crippen LogP contribution in [0.1, 0.15) is 0 Å². The zero-order valence-electron chi connectivity index (χ0n) is 9.01. The number of phenolic OH excluding ortho intramolecular Hbond substituents is 4. The van der Waals surface area contributed by atoms with E-state index < -0.39 is 0 Å². The van der Waals surface area contributed by atoms with Crippen molar-refractivity contribution in [3.63, 3.8) is 0 Å². The molecule has 0 unspecified atom stereocenters. The van der Waals surface area contributed by atoms with Gasteiger partial charge in [0.2, 0.25) is 0 Å². The van der Waals surface area contributed by atoms with Gasteiger partial charge in [-0.05, 0) is 30.1 Å². The van der Waals surface area contributed by atoms with Crippen LogP contribution in [0.2, 0.25) is 0 Å². The first kappa shape index (κ1) is 10.9. The summed E-state index contributed by atoms with van der Waals surface area (Å²) in [4.78, 5) is 0.725. The van der Waals surface area contributed by atoms with E-state index in [-0.39, 0.29) is 23.0 Å². The van der Waals surface area contributed by atoms with Crippen molar-refractivity contribution in [3.05, 3.63) is 24.3 Å². The quantitative estimate of drug-likeness (QED) is 0.285. The Kier molecular flexibility index (Phi) is 2.21. The van der Waals surface area contributed by atoms with Crippen molar-refractivity contribution in [2.45, 2.75) is 4.90 Å². The van der Waals surface area contributed by atoms with E-state index in [0.717, 1.165) is 4.90 Å². The predicted octanol–water partition coefficient (Wildman–Crippen LogP) is 2.61. The van der Waals surface area contributed by atoms with E-state index in [9.17, 15) is 20.4 Å². The first-order valence-electron chi connectivity index (χ1n) is 5.11. The molecule has 3 rings (SSSR count). The molecule has 2 aromatic carbocycles. The average molecular weight is 263 g/mol. The number of rotatable bonds is 0. The molecule has 0 bridgehead atoms. The Hall–Kier alpha value is -2.21.